The third kappa shape index (κ3) is 3.71. The molecule has 0 aliphatic rings. The van der Waals surface area contributed by atoms with Gasteiger partial charge in [0.2, 0.25) is 0 Å². The number of aliphatic carboxylic acids is 1. The summed E-state index contributed by atoms with van der Waals surface area (Å²) in [4.78, 5) is 22.9. The topological polar surface area (TPSA) is 79.5 Å². The molecule has 0 unspecified atom stereocenters. The van der Waals surface area contributed by atoms with Gasteiger partial charge in [0.25, 0.3) is 5.91 Å². The minimum absolute atomic E-state index is 0.107. The summed E-state index contributed by atoms with van der Waals surface area (Å²) in [7, 11) is 0. The number of nitrogens with one attached hydrogen (secondary N) is 1. The zero-order chi connectivity index (χ0) is 14.4. The lowest BCUT2D eigenvalue weighted by Crippen LogP contribution is -2.41. The highest BCUT2D eigenvalue weighted by atomic mass is 16.4. The van der Waals surface area contributed by atoms with Gasteiger partial charge < -0.3 is 14.8 Å². The normalized spacial score (nSPS) is 11.8. The molecule has 20 heavy (non-hydrogen) atoms. The van der Waals surface area contributed by atoms with Crippen LogP contribution in [0, 0.1) is 0 Å². The van der Waals surface area contributed by atoms with Gasteiger partial charge in [-0.3, -0.25) is 4.79 Å². The van der Waals surface area contributed by atoms with E-state index in [4.69, 9.17) is 9.52 Å². The van der Waals surface area contributed by atoms with Crippen molar-refractivity contribution in [1.29, 1.82) is 0 Å². The summed E-state index contributed by atoms with van der Waals surface area (Å²) in [5.74, 6) is -1.47. The zero-order valence-corrected chi connectivity index (χ0v) is 10.8. The standard InChI is InChI=1S/C15H15NO4/c17-14(13-7-4-10-20-13)16-12(15(18)19)9-8-11-5-2-1-3-6-11/h1-7,10,12H,8-9H2,(H,16,17)(H,18,19)/t12-/m0/s1. The highest BCUT2D eigenvalue weighted by molar-refractivity contribution is 5.94. The highest BCUT2D eigenvalue weighted by Crippen LogP contribution is 2.07. The first-order valence-corrected chi connectivity index (χ1v) is 6.28. The second kappa shape index (κ2) is 6.56. The molecule has 0 fully saturated rings. The van der Waals surface area contributed by atoms with Crippen molar-refractivity contribution in [2.24, 2.45) is 0 Å². The van der Waals surface area contributed by atoms with Crippen molar-refractivity contribution in [1.82, 2.24) is 5.32 Å². The van der Waals surface area contributed by atoms with E-state index in [0.717, 1.165) is 5.56 Å². The lowest BCUT2D eigenvalue weighted by Gasteiger charge is -2.13. The van der Waals surface area contributed by atoms with Crippen molar-refractivity contribution in [3.05, 3.63) is 60.1 Å². The molecule has 5 heteroatoms. The average Bonchev–Trinajstić information content (AvgIpc) is 2.98. The number of carboxylic acid groups (broad SMARTS) is 1. The average molecular weight is 273 g/mol. The summed E-state index contributed by atoms with van der Waals surface area (Å²) < 4.78 is 4.93. The molecule has 104 valence electrons. The quantitative estimate of drug-likeness (QED) is 0.844. The second-order valence-corrected chi connectivity index (χ2v) is 4.37. The molecular weight excluding hydrogens is 258 g/mol. The summed E-state index contributed by atoms with van der Waals surface area (Å²) in [6.45, 7) is 0. The van der Waals surface area contributed by atoms with E-state index in [1.807, 2.05) is 30.3 Å². The van der Waals surface area contributed by atoms with E-state index >= 15 is 0 Å². The largest absolute Gasteiger partial charge is 0.480 e. The maximum atomic E-state index is 11.8. The van der Waals surface area contributed by atoms with Gasteiger partial charge in [-0.25, -0.2) is 4.79 Å². The van der Waals surface area contributed by atoms with E-state index < -0.39 is 17.9 Å². The van der Waals surface area contributed by atoms with Gasteiger partial charge in [-0.1, -0.05) is 30.3 Å². The van der Waals surface area contributed by atoms with E-state index in [0.29, 0.717) is 12.8 Å². The van der Waals surface area contributed by atoms with Crippen LogP contribution < -0.4 is 5.32 Å². The molecule has 0 bridgehead atoms. The second-order valence-electron chi connectivity index (χ2n) is 4.37. The fraction of sp³-hybridized carbons (Fsp3) is 0.200. The Bertz CT molecular complexity index is 563. The van der Waals surface area contributed by atoms with Crippen LogP contribution >= 0.6 is 0 Å². The lowest BCUT2D eigenvalue weighted by molar-refractivity contribution is -0.139. The monoisotopic (exact) mass is 273 g/mol. The molecule has 2 rings (SSSR count). The summed E-state index contributed by atoms with van der Waals surface area (Å²) >= 11 is 0. The fourth-order valence-corrected chi connectivity index (χ4v) is 1.85. The van der Waals surface area contributed by atoms with Crippen molar-refractivity contribution in [3.63, 3.8) is 0 Å². The maximum absolute atomic E-state index is 11.8. The number of amides is 1. The Morgan fingerprint density at radius 3 is 2.50 bits per heavy atom. The molecule has 0 aliphatic heterocycles. The third-order valence-electron chi connectivity index (χ3n) is 2.91. The van der Waals surface area contributed by atoms with Crippen LogP contribution in [0.1, 0.15) is 22.5 Å². The van der Waals surface area contributed by atoms with Gasteiger partial charge in [0.1, 0.15) is 6.04 Å². The fourth-order valence-electron chi connectivity index (χ4n) is 1.85. The molecule has 2 aromatic rings. The van der Waals surface area contributed by atoms with Crippen LogP contribution in [-0.2, 0) is 11.2 Å². The molecule has 1 aromatic carbocycles. The van der Waals surface area contributed by atoms with Gasteiger partial charge in [-0.05, 0) is 30.5 Å². The van der Waals surface area contributed by atoms with Gasteiger partial charge in [0.15, 0.2) is 5.76 Å². The van der Waals surface area contributed by atoms with Gasteiger partial charge in [-0.15, -0.1) is 0 Å². The summed E-state index contributed by atoms with van der Waals surface area (Å²) in [6, 6.07) is 11.7. The van der Waals surface area contributed by atoms with E-state index in [1.165, 1.54) is 12.3 Å². The van der Waals surface area contributed by atoms with Crippen LogP contribution in [0.25, 0.3) is 0 Å². The first kappa shape index (κ1) is 13.9. The molecular formula is C15H15NO4. The predicted octanol–water partition coefficient (Wildman–Crippen LogP) is 2.10. The van der Waals surface area contributed by atoms with E-state index in [9.17, 15) is 9.59 Å². The smallest absolute Gasteiger partial charge is 0.326 e. The van der Waals surface area contributed by atoms with E-state index in [2.05, 4.69) is 5.32 Å². The first-order chi connectivity index (χ1) is 9.66. The molecule has 5 nitrogen and oxygen atoms in total. The molecule has 0 spiro atoms. The molecule has 1 atom stereocenters. The number of hydrogen-bond acceptors (Lipinski definition) is 3. The van der Waals surface area contributed by atoms with E-state index in [1.54, 1.807) is 6.07 Å². The number of aryl methyl sites for hydroxylation is 1. The maximum Gasteiger partial charge on any atom is 0.326 e. The number of benzene rings is 1. The SMILES string of the molecule is O=C(N[C@@H](CCc1ccccc1)C(=O)O)c1ccco1. The number of carbonyl (C=O) groups is 2. The van der Waals surface area contributed by atoms with E-state index in [-0.39, 0.29) is 5.76 Å². The minimum atomic E-state index is -1.05. The van der Waals surface area contributed by atoms with Gasteiger partial charge in [-0.2, -0.15) is 0 Å². The van der Waals surface area contributed by atoms with Gasteiger partial charge >= 0.3 is 5.97 Å². The Labute approximate surface area is 116 Å². The third-order valence-corrected chi connectivity index (χ3v) is 2.91. The Balaban J connectivity index is 1.94. The van der Waals surface area contributed by atoms with Crippen molar-refractivity contribution < 1.29 is 19.1 Å². The number of carboxylic acids is 1. The Hall–Kier alpha value is -2.56. The molecule has 1 amide bonds. The van der Waals surface area contributed by atoms with Crippen LogP contribution in [0.4, 0.5) is 0 Å². The van der Waals surface area contributed by atoms with Crippen molar-refractivity contribution in [2.75, 3.05) is 0 Å². The highest BCUT2D eigenvalue weighted by Gasteiger charge is 2.21. The molecule has 1 heterocycles. The van der Waals surface area contributed by atoms with Gasteiger partial charge in [0, 0.05) is 0 Å². The molecule has 0 radical (unpaired) electrons. The van der Waals surface area contributed by atoms with Crippen molar-refractivity contribution in [2.45, 2.75) is 18.9 Å². The molecule has 0 saturated carbocycles. The first-order valence-electron chi connectivity index (χ1n) is 6.28. The molecule has 0 aliphatic carbocycles. The predicted molar refractivity (Wildman–Crippen MR) is 72.4 cm³/mol. The van der Waals surface area contributed by atoms with Crippen LogP contribution in [0.5, 0.6) is 0 Å². The number of rotatable bonds is 6. The molecule has 0 saturated heterocycles. The van der Waals surface area contributed by atoms with Crippen LogP contribution in [0.15, 0.2) is 53.1 Å². The Kier molecular flexibility index (Phi) is 4.55. The Morgan fingerprint density at radius 2 is 1.90 bits per heavy atom. The molecule has 2 N–H and O–H groups in total. The molecule has 1 aromatic heterocycles. The summed E-state index contributed by atoms with van der Waals surface area (Å²) in [5, 5.41) is 11.6. The number of hydrogen-bond donors (Lipinski definition) is 2. The van der Waals surface area contributed by atoms with Crippen LogP contribution in [-0.4, -0.2) is 23.0 Å². The van der Waals surface area contributed by atoms with Crippen LogP contribution in [0.3, 0.4) is 0 Å². The van der Waals surface area contributed by atoms with Crippen molar-refractivity contribution in [3.8, 4) is 0 Å². The summed E-state index contributed by atoms with van der Waals surface area (Å²) in [5.41, 5.74) is 1.03. The zero-order valence-electron chi connectivity index (χ0n) is 10.8. The van der Waals surface area contributed by atoms with Gasteiger partial charge in [0.05, 0.1) is 6.26 Å². The lowest BCUT2D eigenvalue weighted by atomic mass is 10.1. The van der Waals surface area contributed by atoms with Crippen molar-refractivity contribution >= 4 is 11.9 Å². The van der Waals surface area contributed by atoms with Crippen LogP contribution in [0.2, 0.25) is 0 Å². The number of carbonyl (C=O) groups excluding carboxylic acids is 1. The minimum Gasteiger partial charge on any atom is -0.480 e. The summed E-state index contributed by atoms with van der Waals surface area (Å²) in [6.07, 6.45) is 2.27. The Morgan fingerprint density at radius 1 is 1.15 bits per heavy atom. The number of furan rings is 1.